The second-order valence-electron chi connectivity index (χ2n) is 5.78. The first kappa shape index (κ1) is 16.4. The maximum Gasteiger partial charge on any atom is 0.259 e. The lowest BCUT2D eigenvalue weighted by atomic mass is 10.0. The Morgan fingerprint density at radius 1 is 1.33 bits per heavy atom. The molecule has 2 heterocycles. The Kier molecular flexibility index (Phi) is 4.24. The van der Waals surface area contributed by atoms with Crippen molar-refractivity contribution in [1.82, 2.24) is 10.1 Å². The number of carbonyl (C=O) groups is 1. The van der Waals surface area contributed by atoms with Gasteiger partial charge in [-0.2, -0.15) is 0 Å². The molecule has 0 aliphatic heterocycles. The van der Waals surface area contributed by atoms with E-state index in [1.54, 1.807) is 13.0 Å². The van der Waals surface area contributed by atoms with Gasteiger partial charge in [0.05, 0.1) is 21.7 Å². The number of amides is 1. The Morgan fingerprint density at radius 2 is 2.08 bits per heavy atom. The molecule has 3 rings (SSSR count). The van der Waals surface area contributed by atoms with Crippen molar-refractivity contribution in [3.8, 4) is 0 Å². The second-order valence-corrected chi connectivity index (χ2v) is 6.19. The van der Waals surface area contributed by atoms with Gasteiger partial charge in [-0.05, 0) is 37.1 Å². The quantitative estimate of drug-likeness (QED) is 0.745. The molecular formula is C17H15ClFN3O2. The topological polar surface area (TPSA) is 68.0 Å². The van der Waals surface area contributed by atoms with E-state index in [9.17, 15) is 9.18 Å². The molecule has 0 saturated heterocycles. The first-order valence-corrected chi connectivity index (χ1v) is 7.78. The van der Waals surface area contributed by atoms with Crippen LogP contribution in [0.25, 0.3) is 11.1 Å². The SMILES string of the molecule is Cc1noc2nc(C(C)C)cc(C(=O)Nc3ccc(Cl)c(F)c3)c12. The van der Waals surface area contributed by atoms with Gasteiger partial charge in [0, 0.05) is 11.4 Å². The van der Waals surface area contributed by atoms with Crippen LogP contribution >= 0.6 is 11.6 Å². The molecule has 0 unspecified atom stereocenters. The zero-order valence-electron chi connectivity index (χ0n) is 13.4. The molecule has 0 aliphatic rings. The van der Waals surface area contributed by atoms with Gasteiger partial charge in [0.15, 0.2) is 0 Å². The Morgan fingerprint density at radius 3 is 2.75 bits per heavy atom. The molecule has 0 atom stereocenters. The minimum absolute atomic E-state index is 0.00345. The number of aryl methyl sites for hydroxylation is 1. The van der Waals surface area contributed by atoms with E-state index in [0.717, 1.165) is 0 Å². The van der Waals surface area contributed by atoms with Crippen LogP contribution < -0.4 is 5.32 Å². The smallest absolute Gasteiger partial charge is 0.259 e. The summed E-state index contributed by atoms with van der Waals surface area (Å²) in [6.07, 6.45) is 0. The molecule has 1 amide bonds. The third kappa shape index (κ3) is 2.97. The monoisotopic (exact) mass is 347 g/mol. The number of hydrogen-bond acceptors (Lipinski definition) is 4. The lowest BCUT2D eigenvalue weighted by Gasteiger charge is -2.10. The summed E-state index contributed by atoms with van der Waals surface area (Å²) in [5.41, 5.74) is 2.29. The molecule has 5 nitrogen and oxygen atoms in total. The standard InChI is InChI=1S/C17H15ClFN3O2/c1-8(2)14-7-11(15-9(3)22-24-17(15)21-14)16(23)20-10-4-5-12(18)13(19)6-10/h4-8H,1-3H3,(H,20,23). The zero-order chi connectivity index (χ0) is 17.4. The number of pyridine rings is 1. The highest BCUT2D eigenvalue weighted by atomic mass is 35.5. The van der Waals surface area contributed by atoms with Crippen LogP contribution in [0.5, 0.6) is 0 Å². The molecule has 124 valence electrons. The first-order chi connectivity index (χ1) is 11.4. The summed E-state index contributed by atoms with van der Waals surface area (Å²) in [5.74, 6) is -0.880. The number of aromatic nitrogens is 2. The van der Waals surface area contributed by atoms with Crippen LogP contribution in [-0.2, 0) is 0 Å². The predicted molar refractivity (Wildman–Crippen MR) is 90.0 cm³/mol. The largest absolute Gasteiger partial charge is 0.336 e. The summed E-state index contributed by atoms with van der Waals surface area (Å²) in [5, 5.41) is 7.09. The van der Waals surface area contributed by atoms with Crippen LogP contribution in [0.1, 0.15) is 41.5 Å². The van der Waals surface area contributed by atoms with Crippen LogP contribution in [0, 0.1) is 12.7 Å². The molecule has 24 heavy (non-hydrogen) atoms. The number of halogens is 2. The number of hydrogen-bond donors (Lipinski definition) is 1. The van der Waals surface area contributed by atoms with Gasteiger partial charge < -0.3 is 9.84 Å². The predicted octanol–water partition coefficient (Wildman–Crippen LogP) is 4.70. The van der Waals surface area contributed by atoms with Crippen LogP contribution in [0.4, 0.5) is 10.1 Å². The van der Waals surface area contributed by atoms with Crippen molar-refractivity contribution in [1.29, 1.82) is 0 Å². The van der Waals surface area contributed by atoms with E-state index in [4.69, 9.17) is 16.1 Å². The maximum atomic E-state index is 13.6. The summed E-state index contributed by atoms with van der Waals surface area (Å²) in [6, 6.07) is 5.80. The number of carbonyl (C=O) groups excluding carboxylic acids is 1. The minimum Gasteiger partial charge on any atom is -0.336 e. The summed E-state index contributed by atoms with van der Waals surface area (Å²) in [4.78, 5) is 17.1. The lowest BCUT2D eigenvalue weighted by Crippen LogP contribution is -2.14. The third-order valence-electron chi connectivity index (χ3n) is 3.65. The molecular weight excluding hydrogens is 333 g/mol. The molecule has 7 heteroatoms. The third-order valence-corrected chi connectivity index (χ3v) is 3.96. The highest BCUT2D eigenvalue weighted by Gasteiger charge is 2.20. The van der Waals surface area contributed by atoms with Crippen molar-refractivity contribution < 1.29 is 13.7 Å². The van der Waals surface area contributed by atoms with Gasteiger partial charge in [0.1, 0.15) is 5.82 Å². The average Bonchev–Trinajstić information content (AvgIpc) is 2.91. The fourth-order valence-electron chi connectivity index (χ4n) is 2.36. The van der Waals surface area contributed by atoms with E-state index in [2.05, 4.69) is 15.5 Å². The fourth-order valence-corrected chi connectivity index (χ4v) is 2.48. The van der Waals surface area contributed by atoms with Gasteiger partial charge in [-0.3, -0.25) is 4.79 Å². The highest BCUT2D eigenvalue weighted by Crippen LogP contribution is 2.26. The Labute approximate surface area is 142 Å². The fraction of sp³-hybridized carbons (Fsp3) is 0.235. The van der Waals surface area contributed by atoms with E-state index in [-0.39, 0.29) is 10.9 Å². The summed E-state index contributed by atoms with van der Waals surface area (Å²) in [6.45, 7) is 5.67. The van der Waals surface area contributed by atoms with Gasteiger partial charge in [-0.25, -0.2) is 9.37 Å². The molecule has 0 radical (unpaired) electrons. The highest BCUT2D eigenvalue weighted by molar-refractivity contribution is 6.30. The second kappa shape index (κ2) is 6.20. The number of fused-ring (bicyclic) bond motifs is 1. The van der Waals surface area contributed by atoms with Gasteiger partial charge in [-0.15, -0.1) is 0 Å². The molecule has 0 aliphatic carbocycles. The van der Waals surface area contributed by atoms with Crippen molar-refractivity contribution in [2.24, 2.45) is 0 Å². The molecule has 2 aromatic heterocycles. The van der Waals surface area contributed by atoms with Crippen molar-refractivity contribution >= 4 is 34.3 Å². The van der Waals surface area contributed by atoms with Crippen LogP contribution in [-0.4, -0.2) is 16.0 Å². The van der Waals surface area contributed by atoms with Gasteiger partial charge >= 0.3 is 0 Å². The number of anilines is 1. The normalized spacial score (nSPS) is 11.2. The molecule has 0 fully saturated rings. The van der Waals surface area contributed by atoms with Crippen molar-refractivity contribution in [3.63, 3.8) is 0 Å². The van der Waals surface area contributed by atoms with E-state index < -0.39 is 11.7 Å². The van der Waals surface area contributed by atoms with E-state index >= 15 is 0 Å². The van der Waals surface area contributed by atoms with Gasteiger partial charge in [0.25, 0.3) is 11.6 Å². The summed E-state index contributed by atoms with van der Waals surface area (Å²) in [7, 11) is 0. The summed E-state index contributed by atoms with van der Waals surface area (Å²) < 4.78 is 18.7. The Hall–Kier alpha value is -2.47. The van der Waals surface area contributed by atoms with E-state index in [1.165, 1.54) is 18.2 Å². The van der Waals surface area contributed by atoms with E-state index in [1.807, 2.05) is 13.8 Å². The number of nitrogens with zero attached hydrogens (tertiary/aromatic N) is 2. The zero-order valence-corrected chi connectivity index (χ0v) is 14.1. The van der Waals surface area contributed by atoms with Gasteiger partial charge in [0.2, 0.25) is 0 Å². The molecule has 1 N–H and O–H groups in total. The Balaban J connectivity index is 2.05. The van der Waals surface area contributed by atoms with Crippen LogP contribution in [0.15, 0.2) is 28.8 Å². The van der Waals surface area contributed by atoms with Crippen LogP contribution in [0.3, 0.4) is 0 Å². The molecule has 0 spiro atoms. The maximum absolute atomic E-state index is 13.6. The molecule has 1 aromatic carbocycles. The number of benzene rings is 1. The van der Waals surface area contributed by atoms with Crippen molar-refractivity contribution in [2.75, 3.05) is 5.32 Å². The minimum atomic E-state index is -0.599. The number of rotatable bonds is 3. The molecule has 3 aromatic rings. The van der Waals surface area contributed by atoms with E-state index in [0.29, 0.717) is 33.7 Å². The Bertz CT molecular complexity index is 937. The van der Waals surface area contributed by atoms with Crippen molar-refractivity contribution in [3.05, 3.63) is 52.1 Å². The van der Waals surface area contributed by atoms with Gasteiger partial charge in [-0.1, -0.05) is 30.6 Å². The lowest BCUT2D eigenvalue weighted by molar-refractivity contribution is 0.102. The first-order valence-electron chi connectivity index (χ1n) is 7.40. The average molecular weight is 348 g/mol. The molecule has 0 saturated carbocycles. The number of nitrogens with one attached hydrogen (secondary N) is 1. The molecule has 0 bridgehead atoms. The van der Waals surface area contributed by atoms with Crippen LogP contribution in [0.2, 0.25) is 5.02 Å². The van der Waals surface area contributed by atoms with Crippen molar-refractivity contribution in [2.45, 2.75) is 26.7 Å². The summed E-state index contributed by atoms with van der Waals surface area (Å²) >= 11 is 5.66.